The summed E-state index contributed by atoms with van der Waals surface area (Å²) in [6.45, 7) is 1.52. The topological polar surface area (TPSA) is 144 Å². The summed E-state index contributed by atoms with van der Waals surface area (Å²) >= 11 is 0. The van der Waals surface area contributed by atoms with Crippen LogP contribution in [0.1, 0.15) is 32.0 Å². The number of anilines is 1. The van der Waals surface area contributed by atoms with Crippen LogP contribution in [-0.4, -0.2) is 29.2 Å². The van der Waals surface area contributed by atoms with Gasteiger partial charge in [-0.05, 0) is 42.8 Å². The summed E-state index contributed by atoms with van der Waals surface area (Å²) in [7, 11) is 0. The summed E-state index contributed by atoms with van der Waals surface area (Å²) in [6, 6.07) is 14.1. The molecule has 0 spiro atoms. The van der Waals surface area contributed by atoms with Crippen molar-refractivity contribution >= 4 is 29.1 Å². The smallest absolute Gasteiger partial charge is 0.291 e. The first-order valence-electron chi connectivity index (χ1n) is 9.57. The van der Waals surface area contributed by atoms with E-state index in [1.165, 1.54) is 24.5 Å². The normalized spacial score (nSPS) is 10.3. The van der Waals surface area contributed by atoms with Crippen LogP contribution in [0.2, 0.25) is 0 Å². The summed E-state index contributed by atoms with van der Waals surface area (Å²) in [4.78, 5) is 46.6. The first-order chi connectivity index (χ1) is 15.3. The van der Waals surface area contributed by atoms with Crippen LogP contribution in [0.15, 0.2) is 65.3 Å². The Kier molecular flexibility index (Phi) is 6.96. The van der Waals surface area contributed by atoms with Gasteiger partial charge in [0.1, 0.15) is 0 Å². The highest BCUT2D eigenvalue weighted by Gasteiger charge is 2.15. The fourth-order valence-corrected chi connectivity index (χ4v) is 2.78. The summed E-state index contributed by atoms with van der Waals surface area (Å²) in [5.74, 6) is -1.18. The highest BCUT2D eigenvalue weighted by Crippen LogP contribution is 2.19. The van der Waals surface area contributed by atoms with Gasteiger partial charge in [0.2, 0.25) is 5.91 Å². The number of aryl methyl sites for hydroxylation is 1. The number of furan rings is 1. The number of nitro groups is 1. The second kappa shape index (κ2) is 10.0. The van der Waals surface area contributed by atoms with Gasteiger partial charge in [0.15, 0.2) is 5.76 Å². The number of nitrogens with zero attached hydrogens (tertiary/aromatic N) is 1. The molecule has 0 aliphatic carbocycles. The van der Waals surface area contributed by atoms with E-state index in [9.17, 15) is 24.5 Å². The highest BCUT2D eigenvalue weighted by molar-refractivity contribution is 6.02. The fourth-order valence-electron chi connectivity index (χ4n) is 2.78. The molecule has 1 aromatic heterocycles. The molecule has 0 atom stereocenters. The standard InChI is InChI=1S/C22H20N4O6/c1-14-4-7-16(11-18(14)26(30)31)21(28)24-13-20(27)23-12-15-5-8-17(9-6-15)25-22(29)19-3-2-10-32-19/h2-11H,12-13H2,1H3,(H,23,27)(H,24,28)(H,25,29). The molecule has 3 amide bonds. The van der Waals surface area contributed by atoms with Crippen molar-refractivity contribution in [3.05, 3.63) is 93.4 Å². The Labute approximate surface area is 182 Å². The van der Waals surface area contributed by atoms with Gasteiger partial charge < -0.3 is 20.4 Å². The zero-order valence-corrected chi connectivity index (χ0v) is 17.1. The predicted molar refractivity (Wildman–Crippen MR) is 115 cm³/mol. The number of amides is 3. The van der Waals surface area contributed by atoms with Gasteiger partial charge in [-0.1, -0.05) is 18.2 Å². The van der Waals surface area contributed by atoms with Gasteiger partial charge in [-0.15, -0.1) is 0 Å². The van der Waals surface area contributed by atoms with Gasteiger partial charge in [0.05, 0.1) is 17.7 Å². The molecule has 164 valence electrons. The van der Waals surface area contributed by atoms with E-state index in [0.717, 1.165) is 5.56 Å². The maximum absolute atomic E-state index is 12.2. The average Bonchev–Trinajstić information content (AvgIpc) is 3.32. The molecule has 0 saturated heterocycles. The summed E-state index contributed by atoms with van der Waals surface area (Å²) in [6.07, 6.45) is 1.41. The summed E-state index contributed by atoms with van der Waals surface area (Å²) < 4.78 is 5.03. The van der Waals surface area contributed by atoms with Crippen molar-refractivity contribution in [3.63, 3.8) is 0 Å². The van der Waals surface area contributed by atoms with Gasteiger partial charge >= 0.3 is 0 Å². The fraction of sp³-hybridized carbons (Fsp3) is 0.136. The van der Waals surface area contributed by atoms with E-state index < -0.39 is 16.7 Å². The van der Waals surface area contributed by atoms with Crippen LogP contribution in [0.3, 0.4) is 0 Å². The van der Waals surface area contributed by atoms with Crippen LogP contribution < -0.4 is 16.0 Å². The minimum atomic E-state index is -0.583. The first-order valence-corrected chi connectivity index (χ1v) is 9.57. The molecular formula is C22H20N4O6. The molecule has 10 nitrogen and oxygen atoms in total. The molecule has 1 heterocycles. The SMILES string of the molecule is Cc1ccc(C(=O)NCC(=O)NCc2ccc(NC(=O)c3ccco3)cc2)cc1[N+](=O)[O-]. The number of carbonyl (C=O) groups excluding carboxylic acids is 3. The van der Waals surface area contributed by atoms with Crippen molar-refractivity contribution < 1.29 is 23.7 Å². The van der Waals surface area contributed by atoms with Crippen molar-refractivity contribution in [2.45, 2.75) is 13.5 Å². The zero-order valence-electron chi connectivity index (χ0n) is 17.1. The Morgan fingerprint density at radius 2 is 1.75 bits per heavy atom. The molecule has 0 unspecified atom stereocenters. The lowest BCUT2D eigenvalue weighted by atomic mass is 10.1. The molecule has 2 aromatic carbocycles. The lowest BCUT2D eigenvalue weighted by Crippen LogP contribution is -2.36. The van der Waals surface area contributed by atoms with Crippen LogP contribution in [-0.2, 0) is 11.3 Å². The highest BCUT2D eigenvalue weighted by atomic mass is 16.6. The molecule has 0 saturated carbocycles. The quantitative estimate of drug-likeness (QED) is 0.366. The molecule has 0 aliphatic heterocycles. The third-order valence-electron chi connectivity index (χ3n) is 4.52. The number of benzene rings is 2. The van der Waals surface area contributed by atoms with Crippen LogP contribution >= 0.6 is 0 Å². The monoisotopic (exact) mass is 436 g/mol. The second-order valence-electron chi connectivity index (χ2n) is 6.85. The molecule has 3 rings (SSSR count). The van der Waals surface area contributed by atoms with E-state index in [4.69, 9.17) is 4.42 Å². The zero-order chi connectivity index (χ0) is 23.1. The van der Waals surface area contributed by atoms with Crippen molar-refractivity contribution in [1.82, 2.24) is 10.6 Å². The van der Waals surface area contributed by atoms with Gasteiger partial charge in [-0.2, -0.15) is 0 Å². The van der Waals surface area contributed by atoms with Crippen LogP contribution in [0.4, 0.5) is 11.4 Å². The summed E-state index contributed by atoms with van der Waals surface area (Å²) in [5.41, 5.74) is 1.74. The molecule has 3 N–H and O–H groups in total. The van der Waals surface area contributed by atoms with E-state index in [-0.39, 0.29) is 36.0 Å². The van der Waals surface area contributed by atoms with E-state index >= 15 is 0 Å². The second-order valence-corrected chi connectivity index (χ2v) is 6.85. The van der Waals surface area contributed by atoms with Crippen LogP contribution in [0.25, 0.3) is 0 Å². The minimum Gasteiger partial charge on any atom is -0.459 e. The van der Waals surface area contributed by atoms with E-state index in [1.807, 2.05) is 0 Å². The molecule has 32 heavy (non-hydrogen) atoms. The molecule has 0 radical (unpaired) electrons. The number of hydrogen-bond acceptors (Lipinski definition) is 6. The van der Waals surface area contributed by atoms with Gasteiger partial charge in [-0.25, -0.2) is 0 Å². The molecule has 10 heteroatoms. The lowest BCUT2D eigenvalue weighted by Gasteiger charge is -2.09. The molecule has 0 fully saturated rings. The van der Waals surface area contributed by atoms with E-state index in [1.54, 1.807) is 43.3 Å². The number of hydrogen-bond donors (Lipinski definition) is 3. The van der Waals surface area contributed by atoms with Crippen molar-refractivity contribution in [2.24, 2.45) is 0 Å². The van der Waals surface area contributed by atoms with Crippen molar-refractivity contribution in [2.75, 3.05) is 11.9 Å². The van der Waals surface area contributed by atoms with Crippen LogP contribution in [0.5, 0.6) is 0 Å². The minimum absolute atomic E-state index is 0.0993. The number of nitrogens with one attached hydrogen (secondary N) is 3. The number of carbonyl (C=O) groups is 3. The van der Waals surface area contributed by atoms with E-state index in [0.29, 0.717) is 11.3 Å². The van der Waals surface area contributed by atoms with Gasteiger partial charge in [0.25, 0.3) is 17.5 Å². The van der Waals surface area contributed by atoms with Crippen LogP contribution in [0, 0.1) is 17.0 Å². The predicted octanol–water partition coefficient (Wildman–Crippen LogP) is 2.79. The lowest BCUT2D eigenvalue weighted by molar-refractivity contribution is -0.385. The van der Waals surface area contributed by atoms with Gasteiger partial charge in [0, 0.05) is 29.4 Å². The average molecular weight is 436 g/mol. The largest absolute Gasteiger partial charge is 0.459 e. The summed E-state index contributed by atoms with van der Waals surface area (Å²) in [5, 5.41) is 18.8. The Bertz CT molecular complexity index is 1140. The molecule has 0 bridgehead atoms. The maximum atomic E-state index is 12.2. The Morgan fingerprint density at radius 1 is 1.00 bits per heavy atom. The van der Waals surface area contributed by atoms with Crippen molar-refractivity contribution in [3.8, 4) is 0 Å². The molecular weight excluding hydrogens is 416 g/mol. The first kappa shape index (κ1) is 22.2. The Morgan fingerprint density at radius 3 is 2.41 bits per heavy atom. The molecule has 3 aromatic rings. The third kappa shape index (κ3) is 5.79. The van der Waals surface area contributed by atoms with Gasteiger partial charge in [-0.3, -0.25) is 24.5 Å². The molecule has 0 aliphatic rings. The third-order valence-corrected chi connectivity index (χ3v) is 4.52. The number of rotatable bonds is 8. The number of nitro benzene ring substituents is 1. The van der Waals surface area contributed by atoms with E-state index in [2.05, 4.69) is 16.0 Å². The Hall–Kier alpha value is -4.47. The maximum Gasteiger partial charge on any atom is 0.291 e. The van der Waals surface area contributed by atoms with Crippen molar-refractivity contribution in [1.29, 1.82) is 0 Å². The Balaban J connectivity index is 1.45.